The Balaban J connectivity index is 1.70. The molecule has 8 nitrogen and oxygen atoms in total. The first kappa shape index (κ1) is 18.8. The van der Waals surface area contributed by atoms with Crippen LogP contribution in [0.3, 0.4) is 0 Å². The first-order valence-electron chi connectivity index (χ1n) is 8.84. The zero-order valence-corrected chi connectivity index (χ0v) is 15.9. The number of aromatic nitrogens is 3. The lowest BCUT2D eigenvalue weighted by molar-refractivity contribution is 0.194. The summed E-state index contributed by atoms with van der Waals surface area (Å²) in [4.78, 5) is 14.4. The van der Waals surface area contributed by atoms with Crippen molar-refractivity contribution in [3.8, 4) is 0 Å². The molecule has 142 valence electrons. The molecule has 0 bridgehead atoms. The van der Waals surface area contributed by atoms with Crippen LogP contribution in [0.5, 0.6) is 0 Å². The molecule has 2 N–H and O–H groups in total. The normalized spacial score (nSPS) is 18.9. The number of aromatic amines is 1. The van der Waals surface area contributed by atoms with E-state index in [9.17, 15) is 13.2 Å². The maximum Gasteiger partial charge on any atom is 0.343 e. The van der Waals surface area contributed by atoms with Gasteiger partial charge in [-0.05, 0) is 51.1 Å². The number of rotatable bonds is 6. The van der Waals surface area contributed by atoms with Crippen molar-refractivity contribution in [3.05, 3.63) is 46.1 Å². The molecule has 26 heavy (non-hydrogen) atoms. The van der Waals surface area contributed by atoms with Crippen LogP contribution in [0.1, 0.15) is 37.1 Å². The molecule has 1 aromatic carbocycles. The Morgan fingerprint density at radius 2 is 2.04 bits per heavy atom. The molecule has 0 saturated carbocycles. The Kier molecular flexibility index (Phi) is 5.59. The van der Waals surface area contributed by atoms with Crippen molar-refractivity contribution in [1.29, 1.82) is 0 Å². The highest BCUT2D eigenvalue weighted by Gasteiger charge is 2.26. The number of sulfonamides is 1. The van der Waals surface area contributed by atoms with Gasteiger partial charge in [-0.2, -0.15) is 5.10 Å². The monoisotopic (exact) mass is 379 g/mol. The zero-order valence-electron chi connectivity index (χ0n) is 15.1. The molecule has 1 atom stereocenters. The summed E-state index contributed by atoms with van der Waals surface area (Å²) in [7, 11) is -2.00. The van der Waals surface area contributed by atoms with Gasteiger partial charge in [0.15, 0.2) is 0 Å². The minimum Gasteiger partial charge on any atom is -0.298 e. The minimum absolute atomic E-state index is 0.152. The van der Waals surface area contributed by atoms with Crippen molar-refractivity contribution in [1.82, 2.24) is 24.4 Å². The summed E-state index contributed by atoms with van der Waals surface area (Å²) in [5, 5.41) is 6.78. The van der Waals surface area contributed by atoms with Gasteiger partial charge < -0.3 is 0 Å². The third-order valence-electron chi connectivity index (χ3n) is 4.88. The van der Waals surface area contributed by atoms with Crippen molar-refractivity contribution >= 4 is 10.0 Å². The third kappa shape index (κ3) is 3.89. The minimum atomic E-state index is -3.41. The predicted octanol–water partition coefficient (Wildman–Crippen LogP) is 0.879. The maximum atomic E-state index is 11.8. The van der Waals surface area contributed by atoms with Crippen LogP contribution in [-0.4, -0.2) is 48.2 Å². The van der Waals surface area contributed by atoms with E-state index in [1.54, 1.807) is 16.7 Å². The number of benzene rings is 1. The number of likely N-dealkylation sites (tertiary alicyclic amines) is 1. The Morgan fingerprint density at radius 3 is 2.69 bits per heavy atom. The summed E-state index contributed by atoms with van der Waals surface area (Å²) in [5.74, 6) is 1.06. The van der Waals surface area contributed by atoms with Crippen molar-refractivity contribution < 1.29 is 8.42 Å². The van der Waals surface area contributed by atoms with Crippen LogP contribution in [0.2, 0.25) is 0 Å². The summed E-state index contributed by atoms with van der Waals surface area (Å²) in [6, 6.07) is 6.96. The second-order valence-corrected chi connectivity index (χ2v) is 8.44. The number of hydrogen-bond donors (Lipinski definition) is 2. The van der Waals surface area contributed by atoms with Gasteiger partial charge in [0.05, 0.1) is 4.90 Å². The van der Waals surface area contributed by atoms with Gasteiger partial charge in [-0.3, -0.25) is 9.47 Å². The summed E-state index contributed by atoms with van der Waals surface area (Å²) >= 11 is 0. The molecule has 0 spiro atoms. The fraction of sp³-hybridized carbons (Fsp3) is 0.529. The van der Waals surface area contributed by atoms with Gasteiger partial charge in [-0.1, -0.05) is 12.1 Å². The van der Waals surface area contributed by atoms with Crippen LogP contribution in [0.4, 0.5) is 0 Å². The van der Waals surface area contributed by atoms with Crippen molar-refractivity contribution in [2.45, 2.75) is 43.7 Å². The van der Waals surface area contributed by atoms with Crippen LogP contribution >= 0.6 is 0 Å². The van der Waals surface area contributed by atoms with E-state index in [-0.39, 0.29) is 16.5 Å². The molecular weight excluding hydrogens is 354 g/mol. The molecule has 1 unspecified atom stereocenters. The molecule has 0 amide bonds. The lowest BCUT2D eigenvalue weighted by atomic mass is 9.96. The van der Waals surface area contributed by atoms with Gasteiger partial charge in [0.1, 0.15) is 5.82 Å². The fourth-order valence-electron chi connectivity index (χ4n) is 3.51. The fourth-order valence-corrected chi connectivity index (χ4v) is 4.24. The number of piperidine rings is 1. The Labute approximate surface area is 153 Å². The van der Waals surface area contributed by atoms with E-state index in [1.165, 1.54) is 7.05 Å². The van der Waals surface area contributed by atoms with Gasteiger partial charge in [0.25, 0.3) is 0 Å². The summed E-state index contributed by atoms with van der Waals surface area (Å²) in [5.41, 5.74) is 0.913. The van der Waals surface area contributed by atoms with E-state index < -0.39 is 10.0 Å². The average Bonchev–Trinajstić information content (AvgIpc) is 3.03. The van der Waals surface area contributed by atoms with E-state index in [0.717, 1.165) is 43.9 Å². The number of hydrogen-bond acceptors (Lipinski definition) is 5. The number of nitrogens with one attached hydrogen (secondary N) is 2. The highest BCUT2D eigenvalue weighted by molar-refractivity contribution is 7.89. The quantitative estimate of drug-likeness (QED) is 0.776. The van der Waals surface area contributed by atoms with Crippen LogP contribution < -0.4 is 10.4 Å². The molecule has 0 aliphatic carbocycles. The van der Waals surface area contributed by atoms with Gasteiger partial charge in [0, 0.05) is 25.6 Å². The van der Waals surface area contributed by atoms with E-state index in [2.05, 4.69) is 19.8 Å². The summed E-state index contributed by atoms with van der Waals surface area (Å²) < 4.78 is 27.6. The first-order chi connectivity index (χ1) is 12.4. The van der Waals surface area contributed by atoms with Crippen molar-refractivity contribution in [3.63, 3.8) is 0 Å². The number of H-pyrrole nitrogens is 1. The Hall–Kier alpha value is -1.97. The lowest BCUT2D eigenvalue weighted by Gasteiger charge is -2.32. The molecule has 3 rings (SSSR count). The van der Waals surface area contributed by atoms with E-state index >= 15 is 0 Å². The largest absolute Gasteiger partial charge is 0.343 e. The van der Waals surface area contributed by atoms with Crippen LogP contribution in [0.25, 0.3) is 0 Å². The Bertz CT molecular complexity index is 901. The van der Waals surface area contributed by atoms with Crippen molar-refractivity contribution in [2.24, 2.45) is 0 Å². The zero-order chi connectivity index (χ0) is 18.7. The molecule has 1 aliphatic rings. The molecule has 2 heterocycles. The topological polar surface area (TPSA) is 100 Å². The average molecular weight is 379 g/mol. The van der Waals surface area contributed by atoms with Crippen molar-refractivity contribution in [2.75, 3.05) is 20.1 Å². The molecule has 1 aliphatic heterocycles. The van der Waals surface area contributed by atoms with Gasteiger partial charge >= 0.3 is 5.69 Å². The Morgan fingerprint density at radius 1 is 1.31 bits per heavy atom. The van der Waals surface area contributed by atoms with Crippen LogP contribution in [0.15, 0.2) is 34.0 Å². The van der Waals surface area contributed by atoms with Gasteiger partial charge in [-0.15, -0.1) is 0 Å². The standard InChI is InChI=1S/C17H25N5O3S/c1-3-22-16(19-20-17(22)23)14-5-4-10-21(12-14)11-13-6-8-15(9-7-13)26(24,25)18-2/h6-9,14,18H,3-5,10-12H2,1-2H3,(H,20,23). The van der Waals surface area contributed by atoms with Gasteiger partial charge in [0.2, 0.25) is 10.0 Å². The highest BCUT2D eigenvalue weighted by Crippen LogP contribution is 2.26. The van der Waals surface area contributed by atoms with Crippen LogP contribution in [0, 0.1) is 0 Å². The van der Waals surface area contributed by atoms with E-state index in [0.29, 0.717) is 6.54 Å². The SMILES string of the molecule is CCn1c(C2CCCN(Cc3ccc(S(=O)(=O)NC)cc3)C2)n[nH]c1=O. The molecule has 9 heteroatoms. The van der Waals surface area contributed by atoms with Gasteiger partial charge in [-0.25, -0.2) is 23.0 Å². The van der Waals surface area contributed by atoms with E-state index in [4.69, 9.17) is 0 Å². The second-order valence-electron chi connectivity index (χ2n) is 6.56. The molecular formula is C17H25N5O3S. The smallest absolute Gasteiger partial charge is 0.298 e. The molecule has 0 radical (unpaired) electrons. The molecule has 1 fully saturated rings. The third-order valence-corrected chi connectivity index (χ3v) is 6.31. The summed E-state index contributed by atoms with van der Waals surface area (Å²) in [6.45, 7) is 5.12. The first-order valence-corrected chi connectivity index (χ1v) is 10.3. The molecule has 1 saturated heterocycles. The molecule has 2 aromatic rings. The predicted molar refractivity (Wildman–Crippen MR) is 98.5 cm³/mol. The van der Waals surface area contributed by atoms with E-state index in [1.807, 2.05) is 19.1 Å². The second kappa shape index (κ2) is 7.73. The lowest BCUT2D eigenvalue weighted by Crippen LogP contribution is -2.35. The highest BCUT2D eigenvalue weighted by atomic mass is 32.2. The molecule has 1 aromatic heterocycles. The summed E-state index contributed by atoms with van der Waals surface area (Å²) in [6.07, 6.45) is 2.06. The maximum absolute atomic E-state index is 11.8. The number of nitrogens with zero attached hydrogens (tertiary/aromatic N) is 3. The van der Waals surface area contributed by atoms with Crippen LogP contribution in [-0.2, 0) is 23.1 Å².